The lowest BCUT2D eigenvalue weighted by molar-refractivity contribution is -0.138. The molecule has 1 aliphatic heterocycles. The van der Waals surface area contributed by atoms with Crippen LogP contribution in [0.1, 0.15) is 82.0 Å². The quantitative estimate of drug-likeness (QED) is 0.0269. The molecular formula is C51H72N18O9. The second kappa shape index (κ2) is 29.3. The number of aromatic nitrogens is 3. The molecule has 0 saturated carbocycles. The van der Waals surface area contributed by atoms with Crippen LogP contribution >= 0.6 is 0 Å². The minimum Gasteiger partial charge on any atom is -0.370 e. The minimum atomic E-state index is -1.91. The molecule has 20 N–H and O–H groups in total. The molecule has 1 aliphatic rings. The first-order valence-corrected chi connectivity index (χ1v) is 25.6. The number of H-pyrrole nitrogens is 2. The van der Waals surface area contributed by atoms with Crippen LogP contribution in [0.4, 0.5) is 0 Å². The Morgan fingerprint density at radius 1 is 0.769 bits per heavy atom. The van der Waals surface area contributed by atoms with E-state index in [1.807, 2.05) is 24.3 Å². The minimum absolute atomic E-state index is 0.00948. The SMILES string of the molecule is CC(=O)N[C@@H](CCCN=C(N)N)C(=O)N[C@H]1CC(=O)NCCCC[C@@H](C(N)=O)NC(=O)[C@H](Cc2c[nH]c3ccccc23)NC(=O)C(CCCN=C(N)N)NC(=O)[C@](C)(Cc2ccccc2)NC(=O)[C@H](Cc2cnc[nH]2)NC1=O. The Morgan fingerprint density at radius 2 is 1.44 bits per heavy atom. The van der Waals surface area contributed by atoms with Crippen LogP contribution in [0.5, 0.6) is 0 Å². The Balaban J connectivity index is 1.57. The van der Waals surface area contributed by atoms with Gasteiger partial charge in [0.2, 0.25) is 53.2 Å². The number of rotatable bonds is 18. The van der Waals surface area contributed by atoms with Crippen LogP contribution in [0.15, 0.2) is 83.3 Å². The third kappa shape index (κ3) is 19.0. The van der Waals surface area contributed by atoms with Crippen molar-refractivity contribution in [3.05, 3.63) is 90.1 Å². The van der Waals surface area contributed by atoms with Crippen molar-refractivity contribution in [3.8, 4) is 0 Å². The molecular weight excluding hydrogens is 1010 g/mol. The highest BCUT2D eigenvalue weighted by molar-refractivity contribution is 6.00. The number of imidazole rings is 1. The normalized spacial score (nSPS) is 21.7. The highest BCUT2D eigenvalue weighted by atomic mass is 16.2. The van der Waals surface area contributed by atoms with E-state index in [0.717, 1.165) is 10.9 Å². The van der Waals surface area contributed by atoms with Gasteiger partial charge in [0.25, 0.3) is 0 Å². The first-order chi connectivity index (χ1) is 37.2. The number of benzene rings is 2. The third-order valence-corrected chi connectivity index (χ3v) is 12.8. The van der Waals surface area contributed by atoms with Gasteiger partial charge in [-0.1, -0.05) is 48.5 Å². The molecule has 1 saturated heterocycles. The molecule has 0 bridgehead atoms. The lowest BCUT2D eigenvalue weighted by Gasteiger charge is -2.34. The molecule has 1 unspecified atom stereocenters. The van der Waals surface area contributed by atoms with Crippen molar-refractivity contribution in [2.75, 3.05) is 19.6 Å². The molecule has 2 aromatic carbocycles. The van der Waals surface area contributed by atoms with Crippen molar-refractivity contribution < 1.29 is 43.2 Å². The predicted molar refractivity (Wildman–Crippen MR) is 289 cm³/mol. The van der Waals surface area contributed by atoms with Gasteiger partial charge in [0, 0.05) is 74.8 Å². The maximum Gasteiger partial charge on any atom is 0.246 e. The number of guanidine groups is 2. The number of aliphatic imine (C=N–C) groups is 2. The first kappa shape index (κ1) is 59.8. The molecule has 2 aromatic heterocycles. The molecule has 0 spiro atoms. The van der Waals surface area contributed by atoms with E-state index in [1.54, 1.807) is 36.5 Å². The fraction of sp³-hybridized carbons (Fsp3) is 0.451. The molecule has 3 heterocycles. The number of nitrogens with one attached hydrogen (secondary N) is 10. The van der Waals surface area contributed by atoms with E-state index in [-0.39, 0.29) is 95.8 Å². The van der Waals surface area contributed by atoms with Gasteiger partial charge in [-0.2, -0.15) is 0 Å². The van der Waals surface area contributed by atoms with E-state index >= 15 is 4.79 Å². The van der Waals surface area contributed by atoms with Gasteiger partial charge in [-0.15, -0.1) is 0 Å². The van der Waals surface area contributed by atoms with Gasteiger partial charge in [0.05, 0.1) is 12.7 Å². The number of amides is 9. The molecule has 78 heavy (non-hydrogen) atoms. The summed E-state index contributed by atoms with van der Waals surface area (Å²) >= 11 is 0. The van der Waals surface area contributed by atoms with Crippen molar-refractivity contribution in [2.24, 2.45) is 38.7 Å². The van der Waals surface area contributed by atoms with Gasteiger partial charge in [-0.25, -0.2) is 4.98 Å². The lowest BCUT2D eigenvalue weighted by Crippen LogP contribution is -2.65. The van der Waals surface area contributed by atoms with Crippen molar-refractivity contribution in [3.63, 3.8) is 0 Å². The van der Waals surface area contributed by atoms with Gasteiger partial charge in [-0.05, 0) is 69.1 Å². The van der Waals surface area contributed by atoms with Crippen molar-refractivity contribution in [2.45, 2.75) is 126 Å². The van der Waals surface area contributed by atoms with Gasteiger partial charge in [-0.3, -0.25) is 53.1 Å². The molecule has 4 aromatic rings. The number of aromatic amines is 2. The van der Waals surface area contributed by atoms with Crippen molar-refractivity contribution in [1.29, 1.82) is 0 Å². The van der Waals surface area contributed by atoms with Crippen LogP contribution < -0.4 is 71.2 Å². The summed E-state index contributed by atoms with van der Waals surface area (Å²) in [4.78, 5) is 144. The summed E-state index contributed by atoms with van der Waals surface area (Å²) in [5, 5.41) is 22.3. The zero-order valence-electron chi connectivity index (χ0n) is 43.7. The first-order valence-electron chi connectivity index (χ1n) is 25.6. The van der Waals surface area contributed by atoms with E-state index in [0.29, 0.717) is 16.8 Å². The largest absolute Gasteiger partial charge is 0.370 e. The van der Waals surface area contributed by atoms with Crippen LogP contribution in [-0.2, 0) is 62.4 Å². The lowest BCUT2D eigenvalue weighted by atomic mass is 9.90. The predicted octanol–water partition coefficient (Wildman–Crippen LogP) is -2.99. The number of hydrogen-bond donors (Lipinski definition) is 15. The van der Waals surface area contributed by atoms with E-state index in [4.69, 9.17) is 28.7 Å². The number of nitrogens with two attached hydrogens (primary N) is 5. The van der Waals surface area contributed by atoms with Gasteiger partial charge < -0.3 is 81.2 Å². The van der Waals surface area contributed by atoms with Crippen LogP contribution in [0.2, 0.25) is 0 Å². The van der Waals surface area contributed by atoms with E-state index < -0.39 is 101 Å². The monoisotopic (exact) mass is 1080 g/mol. The van der Waals surface area contributed by atoms with Crippen LogP contribution in [0.3, 0.4) is 0 Å². The van der Waals surface area contributed by atoms with Crippen LogP contribution in [0.25, 0.3) is 10.9 Å². The summed E-state index contributed by atoms with van der Waals surface area (Å²) in [6.07, 6.45) is 4.15. The summed E-state index contributed by atoms with van der Waals surface area (Å²) < 4.78 is 0. The summed E-state index contributed by atoms with van der Waals surface area (Å²) in [6.45, 7) is 2.78. The van der Waals surface area contributed by atoms with Gasteiger partial charge >= 0.3 is 0 Å². The number of nitrogens with zero attached hydrogens (tertiary/aromatic N) is 3. The number of carbonyl (C=O) groups excluding carboxylic acids is 9. The summed E-state index contributed by atoms with van der Waals surface area (Å²) in [7, 11) is 0. The number of carbonyl (C=O) groups is 9. The highest BCUT2D eigenvalue weighted by Crippen LogP contribution is 2.21. The van der Waals surface area contributed by atoms with Crippen molar-refractivity contribution >= 4 is 76.0 Å². The standard InChI is InChI=1S/C51H72N18O9/c1-29(70)63-36(17-10-20-59-49(53)54)43(73)67-40-24-41(71)58-19-9-8-16-35(42(52)72)64-45(75)38(22-31-26-61-34-15-7-6-14-33(31)34)65-44(74)37(18-11-21-60-50(55)56)68-48(78)51(2,25-30-12-4-3-5-13-30)69-47(77)39(66-46(40)76)23-32-27-57-28-62-32/h3-7,12-15,26-28,35-40,61H,8-11,16-25H2,1-2H3,(H2,52,72)(H,57,62)(H,58,71)(H,63,70)(H,64,75)(H,65,74)(H,66,76)(H,67,73)(H,68,78)(H,69,77)(H4,53,54,59)(H4,55,56,60)/t35-,36-,37?,38-,39-,40-,51-/m0/s1. The second-order valence-electron chi connectivity index (χ2n) is 19.2. The Hall–Kier alpha value is -9.04. The second-order valence-corrected chi connectivity index (χ2v) is 19.2. The van der Waals surface area contributed by atoms with Gasteiger partial charge in [0.1, 0.15) is 41.8 Å². The van der Waals surface area contributed by atoms with E-state index in [2.05, 4.69) is 67.5 Å². The van der Waals surface area contributed by atoms with Gasteiger partial charge in [0.15, 0.2) is 11.9 Å². The molecule has 1 fully saturated rings. The zero-order valence-corrected chi connectivity index (χ0v) is 43.7. The Morgan fingerprint density at radius 3 is 2.12 bits per heavy atom. The molecule has 27 nitrogen and oxygen atoms in total. The number of fused-ring (bicyclic) bond motifs is 1. The number of para-hydroxylation sites is 1. The molecule has 27 heteroatoms. The molecule has 5 rings (SSSR count). The fourth-order valence-electron chi connectivity index (χ4n) is 8.75. The molecule has 7 atom stereocenters. The Labute approximate surface area is 450 Å². The van der Waals surface area contributed by atoms with Crippen molar-refractivity contribution in [1.82, 2.24) is 57.5 Å². The summed E-state index contributed by atoms with van der Waals surface area (Å²) in [5.74, 6) is -7.71. The van der Waals surface area contributed by atoms with E-state index in [9.17, 15) is 38.4 Å². The maximum absolute atomic E-state index is 15.0. The fourth-order valence-corrected chi connectivity index (χ4v) is 8.75. The topological polar surface area (TPSA) is 449 Å². The molecule has 420 valence electrons. The summed E-state index contributed by atoms with van der Waals surface area (Å²) in [6, 6.07) is 7.61. The smallest absolute Gasteiger partial charge is 0.246 e. The number of hydrogen-bond acceptors (Lipinski definition) is 12. The highest BCUT2D eigenvalue weighted by Gasteiger charge is 2.41. The number of primary amides is 1. The van der Waals surface area contributed by atoms with E-state index in [1.165, 1.54) is 26.4 Å². The molecule has 9 amide bonds. The van der Waals surface area contributed by atoms with Crippen LogP contribution in [-0.4, -0.2) is 141 Å². The zero-order chi connectivity index (χ0) is 56.8. The third-order valence-electron chi connectivity index (χ3n) is 12.8. The Kier molecular flexibility index (Phi) is 22.5. The maximum atomic E-state index is 15.0. The average molecular weight is 1080 g/mol. The molecule has 0 radical (unpaired) electrons. The van der Waals surface area contributed by atoms with Crippen LogP contribution in [0, 0.1) is 0 Å². The Bertz CT molecular complexity index is 2780. The average Bonchev–Trinajstić information content (AvgIpc) is 4.07. The summed E-state index contributed by atoms with van der Waals surface area (Å²) in [5.41, 5.74) is 28.4. The molecule has 0 aliphatic carbocycles.